The van der Waals surface area contributed by atoms with Crippen LogP contribution in [0.5, 0.6) is 0 Å². The fourth-order valence-electron chi connectivity index (χ4n) is 2.49. The van der Waals surface area contributed by atoms with Crippen LogP contribution in [-0.2, 0) is 9.53 Å². The molecule has 0 fully saturated rings. The van der Waals surface area contributed by atoms with Gasteiger partial charge >= 0.3 is 5.97 Å². The number of para-hydroxylation sites is 1. The highest BCUT2D eigenvalue weighted by Gasteiger charge is 2.21. The molecular weight excluding hydrogens is 332 g/mol. The number of hydrogen-bond donors (Lipinski definition) is 2. The number of ether oxygens (including phenoxy) is 1. The molecule has 0 aliphatic heterocycles. The fraction of sp³-hybridized carbons (Fsp3) is 0.350. The van der Waals surface area contributed by atoms with Gasteiger partial charge in [0, 0.05) is 17.4 Å². The van der Waals surface area contributed by atoms with Crippen molar-refractivity contribution in [2.45, 2.75) is 46.1 Å². The molecule has 1 aromatic carbocycles. The van der Waals surface area contributed by atoms with Crippen molar-refractivity contribution in [2.24, 2.45) is 0 Å². The lowest BCUT2D eigenvalue weighted by Gasteiger charge is -2.18. The highest BCUT2D eigenvalue weighted by Crippen LogP contribution is 2.26. The molecule has 1 heterocycles. The largest absolute Gasteiger partial charge is 0.448 e. The summed E-state index contributed by atoms with van der Waals surface area (Å²) >= 11 is 0. The number of rotatable bonds is 7. The summed E-state index contributed by atoms with van der Waals surface area (Å²) in [5.41, 5.74) is 2.28. The maximum atomic E-state index is 12.4. The number of aromatic nitrogens is 1. The van der Waals surface area contributed by atoms with Crippen molar-refractivity contribution in [3.05, 3.63) is 53.3 Å². The van der Waals surface area contributed by atoms with E-state index in [0.717, 1.165) is 12.0 Å². The van der Waals surface area contributed by atoms with E-state index < -0.39 is 18.0 Å². The average Bonchev–Trinajstić information content (AvgIpc) is 3.12. The molecule has 0 aliphatic rings. The van der Waals surface area contributed by atoms with Crippen LogP contribution in [0.2, 0.25) is 0 Å². The Morgan fingerprint density at radius 3 is 2.50 bits per heavy atom. The van der Waals surface area contributed by atoms with E-state index in [1.165, 1.54) is 26.1 Å². The Bertz CT molecular complexity index is 810. The van der Waals surface area contributed by atoms with E-state index in [-0.39, 0.29) is 11.5 Å². The zero-order valence-corrected chi connectivity index (χ0v) is 15.5. The van der Waals surface area contributed by atoms with Gasteiger partial charge in [0.15, 0.2) is 11.9 Å². The Labute approximate surface area is 152 Å². The van der Waals surface area contributed by atoms with Crippen molar-refractivity contribution in [2.75, 3.05) is 5.32 Å². The van der Waals surface area contributed by atoms with Gasteiger partial charge in [0.1, 0.15) is 5.69 Å². The minimum atomic E-state index is -0.975. The number of anilines is 1. The second-order valence-electron chi connectivity index (χ2n) is 6.29. The molecule has 0 aliphatic carbocycles. The third-order valence-corrected chi connectivity index (χ3v) is 4.32. The van der Waals surface area contributed by atoms with Crippen LogP contribution in [0, 0.1) is 0 Å². The Kier molecular flexibility index (Phi) is 6.33. The van der Waals surface area contributed by atoms with Gasteiger partial charge in [-0.1, -0.05) is 32.0 Å². The minimum Gasteiger partial charge on any atom is -0.448 e. The highest BCUT2D eigenvalue weighted by atomic mass is 16.5. The molecule has 138 valence electrons. The first-order valence-electron chi connectivity index (χ1n) is 8.63. The van der Waals surface area contributed by atoms with Gasteiger partial charge in [-0.05, 0) is 43.9 Å². The Morgan fingerprint density at radius 1 is 1.19 bits per heavy atom. The molecule has 6 heteroatoms. The third-order valence-electron chi connectivity index (χ3n) is 4.32. The van der Waals surface area contributed by atoms with Gasteiger partial charge in [0.2, 0.25) is 0 Å². The molecule has 6 nitrogen and oxygen atoms in total. The third kappa shape index (κ3) is 4.59. The molecule has 2 aromatic rings. The molecule has 0 spiro atoms. The number of esters is 1. The second kappa shape index (κ2) is 8.47. The SMILES string of the molecule is CC[C@@H](C)c1ccccc1NC(=O)[C@@H](C)OC(=O)c1cc(C(C)=O)c[nH]1. The molecule has 0 saturated carbocycles. The van der Waals surface area contributed by atoms with E-state index in [9.17, 15) is 14.4 Å². The average molecular weight is 356 g/mol. The van der Waals surface area contributed by atoms with Crippen LogP contribution in [0.3, 0.4) is 0 Å². The van der Waals surface area contributed by atoms with Crippen molar-refractivity contribution < 1.29 is 19.1 Å². The molecule has 1 amide bonds. The first-order valence-corrected chi connectivity index (χ1v) is 8.63. The van der Waals surface area contributed by atoms with Crippen LogP contribution in [0.15, 0.2) is 36.5 Å². The number of carbonyl (C=O) groups excluding carboxylic acids is 3. The number of carbonyl (C=O) groups is 3. The first kappa shape index (κ1) is 19.4. The van der Waals surface area contributed by atoms with Crippen LogP contribution in [-0.4, -0.2) is 28.7 Å². The number of aromatic amines is 1. The summed E-state index contributed by atoms with van der Waals surface area (Å²) in [6, 6.07) is 8.99. The number of H-pyrrole nitrogens is 1. The van der Waals surface area contributed by atoms with Crippen LogP contribution >= 0.6 is 0 Å². The maximum Gasteiger partial charge on any atom is 0.355 e. The van der Waals surface area contributed by atoms with E-state index in [1.807, 2.05) is 24.3 Å². The summed E-state index contributed by atoms with van der Waals surface area (Å²) in [5, 5.41) is 2.83. The standard InChI is InChI=1S/C20H24N2O4/c1-5-12(2)16-8-6-7-9-17(16)22-19(24)14(4)26-20(25)18-10-15(11-21-18)13(3)23/h6-12,14,21H,5H2,1-4H3,(H,22,24)/t12-,14-/m1/s1. The molecule has 2 atom stereocenters. The van der Waals surface area contributed by atoms with Gasteiger partial charge in [0.25, 0.3) is 5.91 Å². The minimum absolute atomic E-state index is 0.134. The Morgan fingerprint density at radius 2 is 1.88 bits per heavy atom. The molecule has 2 N–H and O–H groups in total. The predicted octanol–water partition coefficient (Wildman–Crippen LogP) is 3.91. The number of nitrogens with one attached hydrogen (secondary N) is 2. The molecular formula is C20H24N2O4. The van der Waals surface area contributed by atoms with Gasteiger partial charge in [-0.15, -0.1) is 0 Å². The number of ketones is 1. The van der Waals surface area contributed by atoms with Crippen molar-refractivity contribution in [1.29, 1.82) is 0 Å². The molecule has 0 saturated heterocycles. The van der Waals surface area contributed by atoms with Crippen molar-refractivity contribution in [3.63, 3.8) is 0 Å². The van der Waals surface area contributed by atoms with E-state index in [0.29, 0.717) is 17.2 Å². The fourth-order valence-corrected chi connectivity index (χ4v) is 2.49. The Balaban J connectivity index is 2.03. The normalized spacial score (nSPS) is 12.9. The molecule has 2 rings (SSSR count). The molecule has 0 radical (unpaired) electrons. The summed E-state index contributed by atoms with van der Waals surface area (Å²) in [4.78, 5) is 38.5. The lowest BCUT2D eigenvalue weighted by atomic mass is 9.97. The van der Waals surface area contributed by atoms with Crippen molar-refractivity contribution >= 4 is 23.3 Å². The summed E-state index contributed by atoms with van der Waals surface area (Å²) in [5.74, 6) is -0.955. The van der Waals surface area contributed by atoms with E-state index >= 15 is 0 Å². The van der Waals surface area contributed by atoms with E-state index in [1.54, 1.807) is 0 Å². The van der Waals surface area contributed by atoms with Crippen LogP contribution in [0.25, 0.3) is 0 Å². The van der Waals surface area contributed by atoms with Gasteiger partial charge in [0.05, 0.1) is 0 Å². The van der Waals surface area contributed by atoms with Crippen LogP contribution < -0.4 is 5.32 Å². The van der Waals surface area contributed by atoms with Gasteiger partial charge < -0.3 is 15.0 Å². The van der Waals surface area contributed by atoms with Gasteiger partial charge in [-0.2, -0.15) is 0 Å². The quantitative estimate of drug-likeness (QED) is 0.581. The van der Waals surface area contributed by atoms with Gasteiger partial charge in [-0.25, -0.2) is 4.79 Å². The molecule has 0 unspecified atom stereocenters. The second-order valence-corrected chi connectivity index (χ2v) is 6.29. The van der Waals surface area contributed by atoms with E-state index in [2.05, 4.69) is 24.1 Å². The summed E-state index contributed by atoms with van der Waals surface area (Å²) < 4.78 is 5.20. The predicted molar refractivity (Wildman–Crippen MR) is 99.5 cm³/mol. The van der Waals surface area contributed by atoms with Gasteiger partial charge in [-0.3, -0.25) is 9.59 Å². The van der Waals surface area contributed by atoms with Crippen molar-refractivity contribution in [3.8, 4) is 0 Å². The zero-order valence-electron chi connectivity index (χ0n) is 15.5. The van der Waals surface area contributed by atoms with E-state index in [4.69, 9.17) is 4.74 Å². The number of benzene rings is 1. The number of Topliss-reactive ketones (excluding diaryl/α,β-unsaturated/α-hetero) is 1. The summed E-state index contributed by atoms with van der Waals surface area (Å²) in [7, 11) is 0. The topological polar surface area (TPSA) is 88.3 Å². The maximum absolute atomic E-state index is 12.4. The zero-order chi connectivity index (χ0) is 19.3. The van der Waals surface area contributed by atoms with Crippen LogP contribution in [0.4, 0.5) is 5.69 Å². The first-order chi connectivity index (χ1) is 12.3. The smallest absolute Gasteiger partial charge is 0.355 e. The monoisotopic (exact) mass is 356 g/mol. The lowest BCUT2D eigenvalue weighted by molar-refractivity contribution is -0.123. The summed E-state index contributed by atoms with van der Waals surface area (Å²) in [6.07, 6.45) is 1.41. The Hall–Kier alpha value is -2.89. The molecule has 26 heavy (non-hydrogen) atoms. The number of hydrogen-bond acceptors (Lipinski definition) is 4. The molecule has 1 aromatic heterocycles. The van der Waals surface area contributed by atoms with Crippen LogP contribution in [0.1, 0.15) is 66.4 Å². The number of amides is 1. The van der Waals surface area contributed by atoms with Crippen molar-refractivity contribution in [1.82, 2.24) is 4.98 Å². The summed E-state index contributed by atoms with van der Waals surface area (Å²) in [6.45, 7) is 7.09. The highest BCUT2D eigenvalue weighted by molar-refractivity contribution is 5.99. The molecule has 0 bridgehead atoms. The lowest BCUT2D eigenvalue weighted by Crippen LogP contribution is -2.30.